The Hall–Kier alpha value is -0.940. The molecule has 5 heteroatoms. The van der Waals surface area contributed by atoms with Gasteiger partial charge in [-0.1, -0.05) is 22.9 Å². The molecule has 0 spiro atoms. The molecule has 0 aromatic heterocycles. The van der Waals surface area contributed by atoms with Gasteiger partial charge >= 0.3 is 0 Å². The van der Waals surface area contributed by atoms with Crippen LogP contribution in [0.3, 0.4) is 0 Å². The highest BCUT2D eigenvalue weighted by atomic mass is 79.9. The Morgan fingerprint density at radius 3 is 2.82 bits per heavy atom. The third-order valence-corrected chi connectivity index (χ3v) is 2.83. The molecule has 94 valence electrons. The molecule has 1 aromatic rings. The van der Waals surface area contributed by atoms with Crippen molar-refractivity contribution in [1.29, 1.82) is 0 Å². The number of hydrogen-bond donors (Lipinski definition) is 2. The van der Waals surface area contributed by atoms with Crippen molar-refractivity contribution in [2.75, 3.05) is 20.1 Å². The summed E-state index contributed by atoms with van der Waals surface area (Å²) in [6.45, 7) is 3.33. The van der Waals surface area contributed by atoms with E-state index in [0.29, 0.717) is 16.9 Å². The number of halogens is 2. The number of carbonyl (C=O) groups excluding carboxylic acids is 1. The lowest BCUT2D eigenvalue weighted by Gasteiger charge is -2.12. The molecular formula is C12H16BrFN2O. The fraction of sp³-hybridized carbons (Fsp3) is 0.417. The lowest BCUT2D eigenvalue weighted by Crippen LogP contribution is -2.32. The van der Waals surface area contributed by atoms with Gasteiger partial charge in [-0.25, -0.2) is 4.39 Å². The van der Waals surface area contributed by atoms with Crippen molar-refractivity contribution in [3.8, 4) is 0 Å². The summed E-state index contributed by atoms with van der Waals surface area (Å²) in [5, 5.41) is 5.73. The zero-order chi connectivity index (χ0) is 12.8. The van der Waals surface area contributed by atoms with Gasteiger partial charge in [-0.2, -0.15) is 0 Å². The van der Waals surface area contributed by atoms with E-state index < -0.39 is 5.82 Å². The van der Waals surface area contributed by atoms with Gasteiger partial charge < -0.3 is 10.6 Å². The van der Waals surface area contributed by atoms with Crippen LogP contribution >= 0.6 is 15.9 Å². The Balaban J connectivity index is 2.61. The zero-order valence-corrected chi connectivity index (χ0v) is 11.5. The van der Waals surface area contributed by atoms with Gasteiger partial charge in [0, 0.05) is 11.0 Å². The van der Waals surface area contributed by atoms with Crippen molar-refractivity contribution in [2.45, 2.75) is 6.92 Å². The maximum absolute atomic E-state index is 13.4. The molecule has 0 fully saturated rings. The molecule has 1 rings (SSSR count). The molecule has 0 aliphatic rings. The van der Waals surface area contributed by atoms with Gasteiger partial charge in [-0.05, 0) is 37.7 Å². The Bertz CT molecular complexity index is 398. The van der Waals surface area contributed by atoms with Crippen LogP contribution in [0.5, 0.6) is 0 Å². The first-order chi connectivity index (χ1) is 8.04. The third kappa shape index (κ3) is 4.44. The minimum atomic E-state index is -0.507. The van der Waals surface area contributed by atoms with Gasteiger partial charge in [0.05, 0.1) is 5.56 Å². The second-order valence-corrected chi connectivity index (χ2v) is 4.91. The van der Waals surface area contributed by atoms with Crippen LogP contribution in [0.1, 0.15) is 17.3 Å². The van der Waals surface area contributed by atoms with Gasteiger partial charge in [-0.3, -0.25) is 4.79 Å². The van der Waals surface area contributed by atoms with Crippen LogP contribution in [-0.2, 0) is 0 Å². The average Bonchev–Trinajstić information content (AvgIpc) is 2.29. The summed E-state index contributed by atoms with van der Waals surface area (Å²) in [6, 6.07) is 4.32. The summed E-state index contributed by atoms with van der Waals surface area (Å²) in [7, 11) is 1.85. The SMILES string of the molecule is CNCC(C)CNC(=O)c1cc(Br)ccc1F. The van der Waals surface area contributed by atoms with Gasteiger partial charge in [0.15, 0.2) is 0 Å². The predicted octanol–water partition coefficient (Wildman–Crippen LogP) is 2.17. The molecule has 1 aromatic carbocycles. The molecule has 0 saturated heterocycles. The predicted molar refractivity (Wildman–Crippen MR) is 69.5 cm³/mol. The number of benzene rings is 1. The molecule has 3 nitrogen and oxygen atoms in total. The van der Waals surface area contributed by atoms with E-state index in [2.05, 4.69) is 26.6 Å². The van der Waals surface area contributed by atoms with Crippen molar-refractivity contribution in [1.82, 2.24) is 10.6 Å². The number of hydrogen-bond acceptors (Lipinski definition) is 2. The smallest absolute Gasteiger partial charge is 0.254 e. The van der Waals surface area contributed by atoms with Crippen molar-refractivity contribution >= 4 is 21.8 Å². The van der Waals surface area contributed by atoms with Crippen LogP contribution in [0.4, 0.5) is 4.39 Å². The van der Waals surface area contributed by atoms with Crippen LogP contribution in [0.25, 0.3) is 0 Å². The molecule has 0 saturated carbocycles. The van der Waals surface area contributed by atoms with Crippen molar-refractivity contribution in [3.63, 3.8) is 0 Å². The second-order valence-electron chi connectivity index (χ2n) is 4.00. The lowest BCUT2D eigenvalue weighted by atomic mass is 10.1. The van der Waals surface area contributed by atoms with E-state index in [1.807, 2.05) is 14.0 Å². The second kappa shape index (κ2) is 6.71. The van der Waals surface area contributed by atoms with Crippen LogP contribution in [0.2, 0.25) is 0 Å². The molecule has 2 N–H and O–H groups in total. The van der Waals surface area contributed by atoms with Crippen LogP contribution in [0, 0.1) is 11.7 Å². The molecule has 1 amide bonds. The van der Waals surface area contributed by atoms with Crippen molar-refractivity contribution < 1.29 is 9.18 Å². The first kappa shape index (κ1) is 14.1. The lowest BCUT2D eigenvalue weighted by molar-refractivity contribution is 0.0944. The summed E-state index contributed by atoms with van der Waals surface area (Å²) in [6.07, 6.45) is 0. The van der Waals surface area contributed by atoms with Crippen LogP contribution < -0.4 is 10.6 Å². The van der Waals surface area contributed by atoms with Gasteiger partial charge in [-0.15, -0.1) is 0 Å². The van der Waals surface area contributed by atoms with Crippen LogP contribution in [-0.4, -0.2) is 26.0 Å². The highest BCUT2D eigenvalue weighted by molar-refractivity contribution is 9.10. The Kier molecular flexibility index (Phi) is 5.58. The van der Waals surface area contributed by atoms with Crippen molar-refractivity contribution in [2.24, 2.45) is 5.92 Å². The maximum Gasteiger partial charge on any atom is 0.254 e. The molecule has 0 heterocycles. The molecule has 0 aliphatic carbocycles. The number of rotatable bonds is 5. The van der Waals surface area contributed by atoms with Crippen molar-refractivity contribution in [3.05, 3.63) is 34.1 Å². The quantitative estimate of drug-likeness (QED) is 0.875. The molecule has 1 atom stereocenters. The van der Waals surface area contributed by atoms with Gasteiger partial charge in [0.1, 0.15) is 5.82 Å². The van der Waals surface area contributed by atoms with Crippen LogP contribution in [0.15, 0.2) is 22.7 Å². The summed E-state index contributed by atoms with van der Waals surface area (Å²) < 4.78 is 14.1. The fourth-order valence-electron chi connectivity index (χ4n) is 1.45. The Morgan fingerprint density at radius 1 is 1.47 bits per heavy atom. The summed E-state index contributed by atoms with van der Waals surface area (Å²) in [5.74, 6) is -0.585. The Morgan fingerprint density at radius 2 is 2.18 bits per heavy atom. The number of amides is 1. The normalized spacial score (nSPS) is 12.2. The number of nitrogens with one attached hydrogen (secondary N) is 2. The zero-order valence-electron chi connectivity index (χ0n) is 9.89. The van der Waals surface area contributed by atoms with Gasteiger partial charge in [0.2, 0.25) is 0 Å². The monoisotopic (exact) mass is 302 g/mol. The van der Waals surface area contributed by atoms with E-state index in [1.54, 1.807) is 6.07 Å². The standard InChI is InChI=1S/C12H16BrFN2O/c1-8(6-15-2)7-16-12(17)10-5-9(13)3-4-11(10)14/h3-5,8,15H,6-7H2,1-2H3,(H,16,17). The minimum Gasteiger partial charge on any atom is -0.352 e. The summed E-state index contributed by atoms with van der Waals surface area (Å²) in [5.41, 5.74) is 0.0658. The Labute approximate surface area is 109 Å². The van der Waals surface area contributed by atoms with E-state index >= 15 is 0 Å². The third-order valence-electron chi connectivity index (χ3n) is 2.34. The number of carbonyl (C=O) groups is 1. The average molecular weight is 303 g/mol. The first-order valence-electron chi connectivity index (χ1n) is 5.42. The highest BCUT2D eigenvalue weighted by Gasteiger charge is 2.12. The molecule has 0 bridgehead atoms. The first-order valence-corrected chi connectivity index (χ1v) is 6.21. The van der Waals surface area contributed by atoms with E-state index in [-0.39, 0.29) is 11.5 Å². The van der Waals surface area contributed by atoms with E-state index in [1.165, 1.54) is 12.1 Å². The fourth-order valence-corrected chi connectivity index (χ4v) is 1.82. The highest BCUT2D eigenvalue weighted by Crippen LogP contribution is 2.15. The van der Waals surface area contributed by atoms with E-state index in [9.17, 15) is 9.18 Å². The molecule has 0 aliphatic heterocycles. The molecule has 1 unspecified atom stereocenters. The van der Waals surface area contributed by atoms with Gasteiger partial charge in [0.25, 0.3) is 5.91 Å². The summed E-state index contributed by atoms with van der Waals surface area (Å²) in [4.78, 5) is 11.7. The molecule has 17 heavy (non-hydrogen) atoms. The molecule has 0 radical (unpaired) electrons. The largest absolute Gasteiger partial charge is 0.352 e. The van der Waals surface area contributed by atoms with E-state index in [4.69, 9.17) is 0 Å². The van der Waals surface area contributed by atoms with E-state index in [0.717, 1.165) is 6.54 Å². The summed E-state index contributed by atoms with van der Waals surface area (Å²) >= 11 is 3.21. The maximum atomic E-state index is 13.4. The molecular weight excluding hydrogens is 287 g/mol. The minimum absolute atomic E-state index is 0.0658. The topological polar surface area (TPSA) is 41.1 Å².